The number of anilines is 1. The lowest BCUT2D eigenvalue weighted by Crippen LogP contribution is -2.51. The predicted octanol–water partition coefficient (Wildman–Crippen LogP) is 5.30. The standard InChI is InChI=1S/C30H36BrN3O5S/c1-5-19-32-30(36)23(4)33(20-24-9-11-25(31)12-10-24)29(35)21-34(26-13-15-27(16-14-26)39-6-2)40(37,38)28-17-7-22(3)8-18-28/h7-18,23H,5-6,19-21H2,1-4H3,(H,32,36). The Hall–Kier alpha value is -3.37. The van der Waals surface area contributed by atoms with Gasteiger partial charge in [-0.05, 0) is 81.3 Å². The number of hydrogen-bond acceptors (Lipinski definition) is 5. The van der Waals surface area contributed by atoms with Crippen LogP contribution in [0.15, 0.2) is 82.2 Å². The van der Waals surface area contributed by atoms with Crippen molar-refractivity contribution in [1.29, 1.82) is 0 Å². The average molecular weight is 631 g/mol. The van der Waals surface area contributed by atoms with Gasteiger partial charge in [0.05, 0.1) is 17.2 Å². The fraction of sp³-hybridized carbons (Fsp3) is 0.333. The summed E-state index contributed by atoms with van der Waals surface area (Å²) in [6.07, 6.45) is 0.749. The number of aryl methyl sites for hydroxylation is 1. The van der Waals surface area contributed by atoms with Gasteiger partial charge in [0, 0.05) is 17.6 Å². The number of benzene rings is 3. The molecule has 8 nitrogen and oxygen atoms in total. The number of hydrogen-bond donors (Lipinski definition) is 1. The Morgan fingerprint density at radius 3 is 2.15 bits per heavy atom. The van der Waals surface area contributed by atoms with Gasteiger partial charge in [0.2, 0.25) is 11.8 Å². The molecule has 0 aliphatic heterocycles. The van der Waals surface area contributed by atoms with Gasteiger partial charge >= 0.3 is 0 Å². The van der Waals surface area contributed by atoms with Crippen LogP contribution in [-0.2, 0) is 26.2 Å². The number of carbonyl (C=O) groups is 2. The molecule has 1 atom stereocenters. The Balaban J connectivity index is 2.01. The number of halogens is 1. The maximum absolute atomic E-state index is 13.9. The van der Waals surface area contributed by atoms with Crippen molar-refractivity contribution < 1.29 is 22.7 Å². The Bertz CT molecular complexity index is 1380. The highest BCUT2D eigenvalue weighted by Gasteiger charge is 2.32. The van der Waals surface area contributed by atoms with Crippen LogP contribution in [0.1, 0.15) is 38.3 Å². The summed E-state index contributed by atoms with van der Waals surface area (Å²) in [5.74, 6) is -0.226. The first kappa shape index (κ1) is 31.2. The maximum Gasteiger partial charge on any atom is 0.264 e. The van der Waals surface area contributed by atoms with Gasteiger partial charge in [-0.1, -0.05) is 52.7 Å². The number of carbonyl (C=O) groups excluding carboxylic acids is 2. The predicted molar refractivity (Wildman–Crippen MR) is 161 cm³/mol. The van der Waals surface area contributed by atoms with Gasteiger partial charge in [0.25, 0.3) is 10.0 Å². The Labute approximate surface area is 245 Å². The third-order valence-electron chi connectivity index (χ3n) is 6.31. The lowest BCUT2D eigenvalue weighted by Gasteiger charge is -2.32. The van der Waals surface area contributed by atoms with Crippen LogP contribution in [0.25, 0.3) is 0 Å². The van der Waals surface area contributed by atoms with E-state index in [4.69, 9.17) is 4.74 Å². The summed E-state index contributed by atoms with van der Waals surface area (Å²) < 4.78 is 35.3. The van der Waals surface area contributed by atoms with E-state index in [9.17, 15) is 18.0 Å². The van der Waals surface area contributed by atoms with Crippen LogP contribution in [0, 0.1) is 6.92 Å². The molecule has 214 valence electrons. The quantitative estimate of drug-likeness (QED) is 0.277. The molecule has 0 saturated heterocycles. The van der Waals surface area contributed by atoms with Crippen LogP contribution in [0.2, 0.25) is 0 Å². The summed E-state index contributed by atoms with van der Waals surface area (Å²) in [4.78, 5) is 28.3. The van der Waals surface area contributed by atoms with Crippen molar-refractivity contribution in [1.82, 2.24) is 10.2 Å². The number of amides is 2. The van der Waals surface area contributed by atoms with Crippen LogP contribution in [0.5, 0.6) is 5.75 Å². The minimum Gasteiger partial charge on any atom is -0.494 e. The number of sulfonamides is 1. The van der Waals surface area contributed by atoms with E-state index in [1.165, 1.54) is 17.0 Å². The minimum absolute atomic E-state index is 0.0629. The highest BCUT2D eigenvalue weighted by molar-refractivity contribution is 9.10. The second kappa shape index (κ2) is 14.3. The molecular weight excluding hydrogens is 594 g/mol. The highest BCUT2D eigenvalue weighted by atomic mass is 79.9. The van der Waals surface area contributed by atoms with E-state index >= 15 is 0 Å². The number of nitrogens with one attached hydrogen (secondary N) is 1. The molecule has 10 heteroatoms. The molecule has 0 saturated carbocycles. The van der Waals surface area contributed by atoms with E-state index in [1.54, 1.807) is 43.3 Å². The average Bonchev–Trinajstić information content (AvgIpc) is 2.94. The molecule has 3 rings (SSSR count). The van der Waals surface area contributed by atoms with Crippen LogP contribution in [0.4, 0.5) is 5.69 Å². The summed E-state index contributed by atoms with van der Waals surface area (Å²) in [5, 5.41) is 2.84. The zero-order valence-electron chi connectivity index (χ0n) is 23.3. The Kier molecular flexibility index (Phi) is 11.2. The van der Waals surface area contributed by atoms with Crippen LogP contribution < -0.4 is 14.4 Å². The molecule has 0 spiro atoms. The molecule has 3 aromatic carbocycles. The van der Waals surface area contributed by atoms with Gasteiger partial charge in [-0.25, -0.2) is 8.42 Å². The molecule has 2 amide bonds. The van der Waals surface area contributed by atoms with E-state index in [1.807, 2.05) is 45.0 Å². The van der Waals surface area contributed by atoms with Gasteiger partial charge in [-0.3, -0.25) is 13.9 Å². The first-order valence-electron chi connectivity index (χ1n) is 13.2. The van der Waals surface area contributed by atoms with E-state index in [2.05, 4.69) is 21.2 Å². The first-order chi connectivity index (χ1) is 19.1. The molecule has 1 unspecified atom stereocenters. The van der Waals surface area contributed by atoms with Gasteiger partial charge in [0.1, 0.15) is 18.3 Å². The van der Waals surface area contributed by atoms with Gasteiger partial charge in [0.15, 0.2) is 0 Å². The molecule has 0 fully saturated rings. The molecule has 0 aliphatic rings. The topological polar surface area (TPSA) is 96.0 Å². The molecule has 0 bridgehead atoms. The molecule has 0 heterocycles. The van der Waals surface area contributed by atoms with Crippen LogP contribution in [-0.4, -0.2) is 50.9 Å². The van der Waals surface area contributed by atoms with Crippen molar-refractivity contribution in [3.8, 4) is 5.75 Å². The molecule has 0 radical (unpaired) electrons. The summed E-state index contributed by atoms with van der Waals surface area (Å²) in [7, 11) is -4.12. The van der Waals surface area contributed by atoms with Gasteiger partial charge < -0.3 is 15.0 Å². The zero-order valence-corrected chi connectivity index (χ0v) is 25.7. The normalized spacial score (nSPS) is 11.9. The number of rotatable bonds is 13. The monoisotopic (exact) mass is 629 g/mol. The second-order valence-electron chi connectivity index (χ2n) is 9.37. The van der Waals surface area contributed by atoms with E-state index in [0.29, 0.717) is 24.6 Å². The highest BCUT2D eigenvalue weighted by Crippen LogP contribution is 2.27. The minimum atomic E-state index is -4.12. The maximum atomic E-state index is 13.9. The number of nitrogens with zero attached hydrogens (tertiary/aromatic N) is 2. The fourth-order valence-corrected chi connectivity index (χ4v) is 5.69. The van der Waals surface area contributed by atoms with Crippen molar-refractivity contribution in [3.05, 3.63) is 88.4 Å². The molecule has 0 aliphatic carbocycles. The third-order valence-corrected chi connectivity index (χ3v) is 8.62. The lowest BCUT2D eigenvalue weighted by atomic mass is 10.1. The van der Waals surface area contributed by atoms with Gasteiger partial charge in [-0.2, -0.15) is 0 Å². The van der Waals surface area contributed by atoms with Crippen LogP contribution >= 0.6 is 15.9 Å². The van der Waals surface area contributed by atoms with E-state index in [-0.39, 0.29) is 17.3 Å². The molecule has 3 aromatic rings. The van der Waals surface area contributed by atoms with E-state index in [0.717, 1.165) is 26.3 Å². The molecule has 40 heavy (non-hydrogen) atoms. The molecule has 0 aromatic heterocycles. The smallest absolute Gasteiger partial charge is 0.264 e. The summed E-state index contributed by atoms with van der Waals surface area (Å²) in [5.41, 5.74) is 2.03. The van der Waals surface area contributed by atoms with Gasteiger partial charge in [-0.15, -0.1) is 0 Å². The lowest BCUT2D eigenvalue weighted by molar-refractivity contribution is -0.139. The number of ether oxygens (including phenoxy) is 1. The van der Waals surface area contributed by atoms with Crippen molar-refractivity contribution >= 4 is 43.5 Å². The Morgan fingerprint density at radius 1 is 0.950 bits per heavy atom. The van der Waals surface area contributed by atoms with Crippen molar-refractivity contribution in [2.75, 3.05) is 24.0 Å². The molecule has 1 N–H and O–H groups in total. The van der Waals surface area contributed by atoms with Crippen molar-refractivity contribution in [3.63, 3.8) is 0 Å². The van der Waals surface area contributed by atoms with Crippen molar-refractivity contribution in [2.24, 2.45) is 0 Å². The van der Waals surface area contributed by atoms with Crippen molar-refractivity contribution in [2.45, 2.75) is 51.6 Å². The Morgan fingerprint density at radius 2 is 1.57 bits per heavy atom. The summed E-state index contributed by atoms with van der Waals surface area (Å²) in [6, 6.07) is 19.6. The largest absolute Gasteiger partial charge is 0.494 e. The third kappa shape index (κ3) is 8.08. The molecular formula is C30H36BrN3O5S. The van der Waals surface area contributed by atoms with Crippen LogP contribution in [0.3, 0.4) is 0 Å². The van der Waals surface area contributed by atoms with E-state index < -0.39 is 28.5 Å². The second-order valence-corrected chi connectivity index (χ2v) is 12.1. The zero-order chi connectivity index (χ0) is 29.3. The SMILES string of the molecule is CCCNC(=O)C(C)N(Cc1ccc(Br)cc1)C(=O)CN(c1ccc(OCC)cc1)S(=O)(=O)c1ccc(C)cc1. The fourth-order valence-electron chi connectivity index (χ4n) is 4.01. The first-order valence-corrected chi connectivity index (χ1v) is 15.4. The summed E-state index contributed by atoms with van der Waals surface area (Å²) >= 11 is 3.42. The summed E-state index contributed by atoms with van der Waals surface area (Å²) in [6.45, 7) is 7.90.